The zero-order chi connectivity index (χ0) is 13.1. The van der Waals surface area contributed by atoms with Crippen molar-refractivity contribution in [3.63, 3.8) is 0 Å². The Hall–Kier alpha value is -1.10. The van der Waals surface area contributed by atoms with Gasteiger partial charge in [0.2, 0.25) is 0 Å². The molecule has 0 aromatic carbocycles. The Labute approximate surface area is 116 Å². The standard InChI is InChI=1S/C13H15ClN2OS/c1-15-6-5-10(7-15)12(17)9-16(2)8-11-3-4-13(14)18-11/h3-7H,8-9H2,1-2H3. The Balaban J connectivity index is 1.91. The monoisotopic (exact) mass is 282 g/mol. The SMILES string of the molecule is CN(CC(=O)c1ccn(C)c1)Cc1ccc(Cl)s1. The summed E-state index contributed by atoms with van der Waals surface area (Å²) < 4.78 is 2.67. The van der Waals surface area contributed by atoms with Gasteiger partial charge in [-0.05, 0) is 25.2 Å². The van der Waals surface area contributed by atoms with Gasteiger partial charge in [-0.3, -0.25) is 9.69 Å². The van der Waals surface area contributed by atoms with Crippen LogP contribution in [0.2, 0.25) is 4.34 Å². The number of nitrogens with zero attached hydrogens (tertiary/aromatic N) is 2. The summed E-state index contributed by atoms with van der Waals surface area (Å²) in [6.45, 7) is 1.16. The number of aromatic nitrogens is 1. The zero-order valence-electron chi connectivity index (χ0n) is 10.4. The molecular formula is C13H15ClN2OS. The average Bonchev–Trinajstić information content (AvgIpc) is 2.87. The average molecular weight is 283 g/mol. The first-order valence-electron chi connectivity index (χ1n) is 5.62. The predicted molar refractivity (Wildman–Crippen MR) is 75.4 cm³/mol. The van der Waals surface area contributed by atoms with Crippen molar-refractivity contribution >= 4 is 28.7 Å². The van der Waals surface area contributed by atoms with Crippen LogP contribution in [0.25, 0.3) is 0 Å². The van der Waals surface area contributed by atoms with Crippen LogP contribution >= 0.6 is 22.9 Å². The molecule has 0 aliphatic carbocycles. The number of halogens is 1. The number of hydrogen-bond donors (Lipinski definition) is 0. The summed E-state index contributed by atoms with van der Waals surface area (Å²) in [6, 6.07) is 5.73. The zero-order valence-corrected chi connectivity index (χ0v) is 12.0. The number of Topliss-reactive ketones (excluding diaryl/α,β-unsaturated/α-hetero) is 1. The molecule has 0 N–H and O–H groups in total. The Morgan fingerprint density at radius 2 is 2.22 bits per heavy atom. The van der Waals surface area contributed by atoms with Gasteiger partial charge in [-0.25, -0.2) is 0 Å². The van der Waals surface area contributed by atoms with Crippen LogP contribution in [0.15, 0.2) is 30.6 Å². The molecule has 0 radical (unpaired) electrons. The van der Waals surface area contributed by atoms with Gasteiger partial charge in [0, 0.05) is 36.4 Å². The van der Waals surface area contributed by atoms with Crippen molar-refractivity contribution in [1.29, 1.82) is 0 Å². The van der Waals surface area contributed by atoms with Gasteiger partial charge < -0.3 is 4.57 Å². The van der Waals surface area contributed by atoms with E-state index >= 15 is 0 Å². The van der Waals surface area contributed by atoms with E-state index in [0.29, 0.717) is 6.54 Å². The molecule has 0 aliphatic heterocycles. The molecule has 0 amide bonds. The van der Waals surface area contributed by atoms with Crippen LogP contribution in [0, 0.1) is 0 Å². The van der Waals surface area contributed by atoms with E-state index in [9.17, 15) is 4.79 Å². The summed E-state index contributed by atoms with van der Waals surface area (Å²) in [5, 5.41) is 0. The first-order valence-corrected chi connectivity index (χ1v) is 6.82. The van der Waals surface area contributed by atoms with Gasteiger partial charge >= 0.3 is 0 Å². The van der Waals surface area contributed by atoms with Crippen LogP contribution in [0.4, 0.5) is 0 Å². The minimum absolute atomic E-state index is 0.140. The summed E-state index contributed by atoms with van der Waals surface area (Å²) >= 11 is 7.43. The molecule has 18 heavy (non-hydrogen) atoms. The Kier molecular flexibility index (Phi) is 4.22. The molecule has 0 unspecified atom stereocenters. The van der Waals surface area contributed by atoms with E-state index in [0.717, 1.165) is 16.4 Å². The topological polar surface area (TPSA) is 25.2 Å². The van der Waals surface area contributed by atoms with Crippen LogP contribution in [0.1, 0.15) is 15.2 Å². The first kappa shape index (κ1) is 13.3. The minimum Gasteiger partial charge on any atom is -0.357 e. The van der Waals surface area contributed by atoms with Crippen LogP contribution in [0.5, 0.6) is 0 Å². The van der Waals surface area contributed by atoms with Crippen molar-refractivity contribution in [1.82, 2.24) is 9.47 Å². The van der Waals surface area contributed by atoms with E-state index in [2.05, 4.69) is 0 Å². The van der Waals surface area contributed by atoms with Crippen LogP contribution < -0.4 is 0 Å². The molecule has 0 saturated heterocycles. The van der Waals surface area contributed by atoms with Crippen LogP contribution in [0.3, 0.4) is 0 Å². The molecule has 2 aromatic rings. The van der Waals surface area contributed by atoms with Gasteiger partial charge in [0.1, 0.15) is 0 Å². The van der Waals surface area contributed by atoms with Gasteiger partial charge in [-0.2, -0.15) is 0 Å². The molecule has 0 atom stereocenters. The highest BCUT2D eigenvalue weighted by Gasteiger charge is 2.11. The molecule has 0 aliphatic rings. The van der Waals surface area contributed by atoms with E-state index in [-0.39, 0.29) is 5.78 Å². The van der Waals surface area contributed by atoms with Crippen LogP contribution in [-0.2, 0) is 13.6 Å². The third-order valence-electron chi connectivity index (χ3n) is 2.62. The Morgan fingerprint density at radius 1 is 1.44 bits per heavy atom. The lowest BCUT2D eigenvalue weighted by molar-refractivity contribution is 0.0943. The second kappa shape index (κ2) is 5.69. The Morgan fingerprint density at radius 3 is 2.78 bits per heavy atom. The third-order valence-corrected chi connectivity index (χ3v) is 3.84. The maximum atomic E-state index is 12.0. The first-order chi connectivity index (χ1) is 8.54. The predicted octanol–water partition coefficient (Wildman–Crippen LogP) is 3.05. The maximum Gasteiger partial charge on any atom is 0.178 e. The molecule has 0 saturated carbocycles. The lowest BCUT2D eigenvalue weighted by atomic mass is 10.2. The van der Waals surface area contributed by atoms with E-state index in [1.54, 1.807) is 11.3 Å². The molecule has 2 aromatic heterocycles. The minimum atomic E-state index is 0.140. The molecule has 0 bridgehead atoms. The second-order valence-corrected chi connectivity index (χ2v) is 6.17. The van der Waals surface area contributed by atoms with Crippen molar-refractivity contribution < 1.29 is 4.79 Å². The number of rotatable bonds is 5. The number of carbonyl (C=O) groups excluding carboxylic acids is 1. The van der Waals surface area contributed by atoms with Crippen molar-refractivity contribution in [2.45, 2.75) is 6.54 Å². The summed E-state index contributed by atoms with van der Waals surface area (Å²) in [6.07, 6.45) is 3.73. The number of aryl methyl sites for hydroxylation is 1. The quantitative estimate of drug-likeness (QED) is 0.788. The van der Waals surface area contributed by atoms with E-state index in [1.165, 1.54) is 4.88 Å². The summed E-state index contributed by atoms with van der Waals surface area (Å²) in [4.78, 5) is 15.2. The highest BCUT2D eigenvalue weighted by atomic mass is 35.5. The Bertz CT molecular complexity index is 547. The number of thiophene rings is 1. The van der Waals surface area contributed by atoms with E-state index < -0.39 is 0 Å². The summed E-state index contributed by atoms with van der Waals surface area (Å²) in [7, 11) is 3.85. The van der Waals surface area contributed by atoms with Gasteiger partial charge in [0.05, 0.1) is 10.9 Å². The number of ketones is 1. The highest BCUT2D eigenvalue weighted by molar-refractivity contribution is 7.16. The smallest absolute Gasteiger partial charge is 0.178 e. The van der Waals surface area contributed by atoms with Crippen LogP contribution in [-0.4, -0.2) is 28.8 Å². The number of hydrogen-bond acceptors (Lipinski definition) is 3. The fourth-order valence-corrected chi connectivity index (χ4v) is 2.93. The van der Waals surface area contributed by atoms with Crippen molar-refractivity contribution in [3.05, 3.63) is 45.4 Å². The summed E-state index contributed by atoms with van der Waals surface area (Å²) in [5.41, 5.74) is 0.758. The molecule has 2 rings (SSSR count). The van der Waals surface area contributed by atoms with Gasteiger partial charge in [-0.15, -0.1) is 11.3 Å². The molecule has 2 heterocycles. The van der Waals surface area contributed by atoms with E-state index in [4.69, 9.17) is 11.6 Å². The lowest BCUT2D eigenvalue weighted by Crippen LogP contribution is -2.25. The third kappa shape index (κ3) is 3.45. The van der Waals surface area contributed by atoms with Crippen molar-refractivity contribution in [3.8, 4) is 0 Å². The number of carbonyl (C=O) groups is 1. The normalized spacial score (nSPS) is 11.1. The van der Waals surface area contributed by atoms with Gasteiger partial charge in [0.25, 0.3) is 0 Å². The van der Waals surface area contributed by atoms with E-state index in [1.807, 2.05) is 54.2 Å². The summed E-state index contributed by atoms with van der Waals surface area (Å²) in [5.74, 6) is 0.140. The highest BCUT2D eigenvalue weighted by Crippen LogP contribution is 2.22. The molecular weight excluding hydrogens is 268 g/mol. The molecule has 5 heteroatoms. The maximum absolute atomic E-state index is 12.0. The molecule has 0 spiro atoms. The second-order valence-electron chi connectivity index (χ2n) is 4.37. The number of likely N-dealkylation sites (N-methyl/N-ethyl adjacent to an activating group) is 1. The largest absolute Gasteiger partial charge is 0.357 e. The fraction of sp³-hybridized carbons (Fsp3) is 0.308. The van der Waals surface area contributed by atoms with Crippen molar-refractivity contribution in [2.75, 3.05) is 13.6 Å². The molecule has 3 nitrogen and oxygen atoms in total. The fourth-order valence-electron chi connectivity index (χ4n) is 1.76. The van der Waals surface area contributed by atoms with Gasteiger partial charge in [-0.1, -0.05) is 11.6 Å². The molecule has 0 fully saturated rings. The molecule has 96 valence electrons. The lowest BCUT2D eigenvalue weighted by Gasteiger charge is -2.13. The van der Waals surface area contributed by atoms with Gasteiger partial charge in [0.15, 0.2) is 5.78 Å². The van der Waals surface area contributed by atoms with Crippen molar-refractivity contribution in [2.24, 2.45) is 7.05 Å².